The van der Waals surface area contributed by atoms with Gasteiger partial charge in [-0.2, -0.15) is 12.6 Å². The molecule has 0 fully saturated rings. The van der Waals surface area contributed by atoms with Gasteiger partial charge in [0.1, 0.15) is 36.0 Å². The first kappa shape index (κ1) is 46.6. The maximum atomic E-state index is 13.7. The van der Waals surface area contributed by atoms with E-state index in [9.17, 15) is 58.5 Å². The van der Waals surface area contributed by atoms with Crippen molar-refractivity contribution in [2.45, 2.75) is 89.6 Å². The summed E-state index contributed by atoms with van der Waals surface area (Å²) in [6.07, 6.45) is -1.76. The summed E-state index contributed by atoms with van der Waals surface area (Å²) in [5.74, 6) is -10.2. The number of rotatable bonds is 23. The van der Waals surface area contributed by atoms with Crippen molar-refractivity contribution < 1.29 is 58.5 Å². The van der Waals surface area contributed by atoms with Crippen LogP contribution >= 0.6 is 12.6 Å². The van der Waals surface area contributed by atoms with Gasteiger partial charge in [0, 0.05) is 18.6 Å². The first-order valence-electron chi connectivity index (χ1n) is 16.8. The number of hydrogen-bond acceptors (Lipinski definition) is 12. The highest BCUT2D eigenvalue weighted by molar-refractivity contribution is 7.80. The molecule has 0 saturated heterocycles. The number of aromatic hydroxyl groups is 1. The fraction of sp³-hybridized carbons (Fsp3) is 0.545. The molecule has 0 saturated carbocycles. The average Bonchev–Trinajstić information content (AvgIpc) is 3.08. The number of carbonyl (C=O) groups is 9. The minimum atomic E-state index is -1.56. The van der Waals surface area contributed by atoms with E-state index < -0.39 is 127 Å². The molecule has 20 nitrogen and oxygen atoms in total. The lowest BCUT2D eigenvalue weighted by Gasteiger charge is -2.28. The van der Waals surface area contributed by atoms with Crippen LogP contribution in [0.1, 0.15) is 52.5 Å². The van der Waals surface area contributed by atoms with Crippen molar-refractivity contribution >= 4 is 65.9 Å². The number of nitrogens with two attached hydrogens (primary N) is 2. The predicted molar refractivity (Wildman–Crippen MR) is 194 cm³/mol. The van der Waals surface area contributed by atoms with Crippen LogP contribution in [0.15, 0.2) is 24.3 Å². The molecule has 6 unspecified atom stereocenters. The molecule has 0 aromatic heterocycles. The number of hydrogen-bond donors (Lipinski definition) is 12. The van der Waals surface area contributed by atoms with Crippen molar-refractivity contribution in [1.29, 1.82) is 0 Å². The molecule has 1 aromatic carbocycles. The number of carboxylic acids is 2. The molecular formula is C33H50N8O12S. The Balaban J connectivity index is 3.22. The largest absolute Gasteiger partial charge is 0.508 e. The maximum absolute atomic E-state index is 13.7. The molecule has 0 spiro atoms. The van der Waals surface area contributed by atoms with E-state index in [1.807, 2.05) is 0 Å². The second kappa shape index (κ2) is 22.6. The predicted octanol–water partition coefficient (Wildman–Crippen LogP) is -3.13. The molecule has 13 N–H and O–H groups in total. The fourth-order valence-corrected chi connectivity index (χ4v) is 5.01. The van der Waals surface area contributed by atoms with Crippen LogP contribution in [0.3, 0.4) is 0 Å². The second-order valence-electron chi connectivity index (χ2n) is 13.0. The zero-order valence-electron chi connectivity index (χ0n) is 30.3. The number of carbonyl (C=O) groups excluding carboxylic acids is 7. The van der Waals surface area contributed by atoms with Gasteiger partial charge in [0.2, 0.25) is 41.4 Å². The second-order valence-corrected chi connectivity index (χ2v) is 13.4. The van der Waals surface area contributed by atoms with E-state index in [4.69, 9.17) is 11.5 Å². The number of nitrogens with one attached hydrogen (secondary N) is 6. The number of aliphatic carboxylic acids is 2. The number of benzene rings is 1. The Morgan fingerprint density at radius 2 is 1.24 bits per heavy atom. The van der Waals surface area contributed by atoms with Crippen LogP contribution in [0, 0.1) is 11.8 Å². The fourth-order valence-electron chi connectivity index (χ4n) is 4.75. The highest BCUT2D eigenvalue weighted by Gasteiger charge is 2.34. The SMILES string of the molecule is CC(C)C(NC(=O)C(NC(=O)C(Cc1ccc(O)cc1)NC(=O)C(CCC(=O)O)NC(=O)CNC(=O)C(CS)NC(=O)C(N)CC(N)=O)C(C)C)C(=O)O. The summed E-state index contributed by atoms with van der Waals surface area (Å²) in [7, 11) is 0. The summed E-state index contributed by atoms with van der Waals surface area (Å²) >= 11 is 4.00. The third kappa shape index (κ3) is 16.5. The standard InChI is InChI=1S/C33H50N8O12S/c1-15(2)26(32(51)41-27(16(3)4)33(52)53)40-31(50)21(11-17-5-7-18(42)8-6-17)38-30(49)20(9-10-25(45)46)37-24(44)13-36-29(48)22(14-54)39-28(47)19(34)12-23(35)43/h5-8,15-16,19-22,26-27,42,54H,9-14,34H2,1-4H3,(H2,35,43)(H,36,48)(H,37,44)(H,38,49)(H,39,47)(H,40,50)(H,41,51)(H,45,46)(H,52,53). The zero-order valence-corrected chi connectivity index (χ0v) is 31.2. The van der Waals surface area contributed by atoms with Crippen molar-refractivity contribution in [3.8, 4) is 5.75 Å². The van der Waals surface area contributed by atoms with E-state index in [0.29, 0.717) is 5.56 Å². The Hall–Kier alpha value is -5.44. The molecule has 0 radical (unpaired) electrons. The van der Waals surface area contributed by atoms with Crippen LogP contribution < -0.4 is 43.4 Å². The Morgan fingerprint density at radius 3 is 1.74 bits per heavy atom. The summed E-state index contributed by atoms with van der Waals surface area (Å²) in [6, 6.07) is -2.57. The molecule has 0 aliphatic heterocycles. The number of primary amides is 1. The lowest BCUT2D eigenvalue weighted by Crippen LogP contribution is -2.60. The van der Waals surface area contributed by atoms with E-state index >= 15 is 0 Å². The Morgan fingerprint density at radius 1 is 0.704 bits per heavy atom. The van der Waals surface area contributed by atoms with Gasteiger partial charge in [0.15, 0.2) is 0 Å². The van der Waals surface area contributed by atoms with Gasteiger partial charge in [-0.15, -0.1) is 0 Å². The third-order valence-corrected chi connectivity index (χ3v) is 8.15. The number of thiol groups is 1. The van der Waals surface area contributed by atoms with Gasteiger partial charge < -0.3 is 58.7 Å². The van der Waals surface area contributed by atoms with Crippen LogP contribution in [0.4, 0.5) is 0 Å². The van der Waals surface area contributed by atoms with E-state index in [0.717, 1.165) is 0 Å². The molecule has 0 bridgehead atoms. The van der Waals surface area contributed by atoms with Crippen molar-refractivity contribution in [2.75, 3.05) is 12.3 Å². The Labute approximate surface area is 316 Å². The van der Waals surface area contributed by atoms with Gasteiger partial charge in [-0.3, -0.25) is 38.4 Å². The van der Waals surface area contributed by atoms with E-state index in [1.54, 1.807) is 27.7 Å². The number of amides is 7. The molecule has 21 heteroatoms. The van der Waals surface area contributed by atoms with Crippen LogP contribution in [-0.4, -0.2) is 117 Å². The van der Waals surface area contributed by atoms with Crippen molar-refractivity contribution in [3.63, 3.8) is 0 Å². The molecule has 7 amide bonds. The molecule has 6 atom stereocenters. The van der Waals surface area contributed by atoms with Gasteiger partial charge in [-0.25, -0.2) is 4.79 Å². The molecular weight excluding hydrogens is 732 g/mol. The van der Waals surface area contributed by atoms with Gasteiger partial charge in [-0.05, 0) is 36.0 Å². The monoisotopic (exact) mass is 782 g/mol. The maximum Gasteiger partial charge on any atom is 0.326 e. The highest BCUT2D eigenvalue weighted by Crippen LogP contribution is 2.13. The molecule has 0 heterocycles. The summed E-state index contributed by atoms with van der Waals surface area (Å²) in [5, 5.41) is 42.8. The first-order chi connectivity index (χ1) is 25.2. The molecule has 0 aliphatic rings. The lowest BCUT2D eigenvalue weighted by atomic mass is 9.99. The molecule has 54 heavy (non-hydrogen) atoms. The molecule has 1 aromatic rings. The lowest BCUT2D eigenvalue weighted by molar-refractivity contribution is -0.144. The van der Waals surface area contributed by atoms with Gasteiger partial charge in [-0.1, -0.05) is 39.8 Å². The van der Waals surface area contributed by atoms with Crippen LogP contribution in [0.2, 0.25) is 0 Å². The average molecular weight is 783 g/mol. The van der Waals surface area contributed by atoms with Crippen LogP contribution in [-0.2, 0) is 49.6 Å². The van der Waals surface area contributed by atoms with E-state index in [1.165, 1.54) is 24.3 Å². The molecule has 1 rings (SSSR count). The highest BCUT2D eigenvalue weighted by atomic mass is 32.1. The smallest absolute Gasteiger partial charge is 0.326 e. The van der Waals surface area contributed by atoms with Crippen molar-refractivity contribution in [2.24, 2.45) is 23.3 Å². The Kier molecular flexibility index (Phi) is 19.5. The van der Waals surface area contributed by atoms with Crippen molar-refractivity contribution in [1.82, 2.24) is 31.9 Å². The zero-order chi connectivity index (χ0) is 41.3. The quantitative estimate of drug-likeness (QED) is 0.0489. The van der Waals surface area contributed by atoms with Crippen LogP contribution in [0.25, 0.3) is 0 Å². The third-order valence-electron chi connectivity index (χ3n) is 7.78. The van der Waals surface area contributed by atoms with Gasteiger partial charge in [0.25, 0.3) is 0 Å². The number of carboxylic acid groups (broad SMARTS) is 2. The van der Waals surface area contributed by atoms with Gasteiger partial charge >= 0.3 is 11.9 Å². The Bertz CT molecular complexity index is 1520. The van der Waals surface area contributed by atoms with Gasteiger partial charge in [0.05, 0.1) is 19.0 Å². The van der Waals surface area contributed by atoms with Crippen LogP contribution in [0.5, 0.6) is 5.75 Å². The minimum absolute atomic E-state index is 0.0864. The number of phenolic OH excluding ortho intramolecular Hbond substituents is 1. The molecule has 300 valence electrons. The normalized spacial score (nSPS) is 14.3. The van der Waals surface area contributed by atoms with E-state index in [-0.39, 0.29) is 17.9 Å². The summed E-state index contributed by atoms with van der Waals surface area (Å²) in [4.78, 5) is 112. The summed E-state index contributed by atoms with van der Waals surface area (Å²) in [6.45, 7) is 5.63. The minimum Gasteiger partial charge on any atom is -0.508 e. The molecule has 0 aliphatic carbocycles. The number of phenols is 1. The van der Waals surface area contributed by atoms with Crippen molar-refractivity contribution in [3.05, 3.63) is 29.8 Å². The van der Waals surface area contributed by atoms with E-state index in [2.05, 4.69) is 44.5 Å². The summed E-state index contributed by atoms with van der Waals surface area (Å²) in [5.41, 5.74) is 11.1. The summed E-state index contributed by atoms with van der Waals surface area (Å²) < 4.78 is 0. The first-order valence-corrected chi connectivity index (χ1v) is 17.5. The topological polar surface area (TPSA) is 339 Å².